The molecule has 2 aromatic rings. The van der Waals surface area contributed by atoms with Gasteiger partial charge in [-0.05, 0) is 23.5 Å². The Balaban J connectivity index is 2.42. The predicted molar refractivity (Wildman–Crippen MR) is 48.8 cm³/mol. The lowest BCUT2D eigenvalue weighted by atomic mass is 10.2. The normalized spacial score (nSPS) is 9.92. The molecule has 0 fully saturated rings. The van der Waals surface area contributed by atoms with Crippen molar-refractivity contribution in [1.29, 1.82) is 0 Å². The molecule has 0 radical (unpaired) electrons. The van der Waals surface area contributed by atoms with Crippen LogP contribution in [0, 0.1) is 6.92 Å². The number of aromatic amines is 1. The first-order chi connectivity index (χ1) is 6.36. The number of hydrogen-bond donors (Lipinski definition) is 0. The molecule has 0 unspecified atom stereocenters. The SMILES string of the molecule is Cc1ccc(-c2nccc[nH+]2)nc1. The Morgan fingerprint density at radius 1 is 1.23 bits per heavy atom. The van der Waals surface area contributed by atoms with Crippen molar-refractivity contribution < 1.29 is 4.98 Å². The maximum absolute atomic E-state index is 4.25. The Kier molecular flexibility index (Phi) is 2.00. The van der Waals surface area contributed by atoms with E-state index < -0.39 is 0 Å². The molecule has 0 aromatic carbocycles. The zero-order chi connectivity index (χ0) is 9.10. The maximum Gasteiger partial charge on any atom is 0.346 e. The van der Waals surface area contributed by atoms with Crippen molar-refractivity contribution in [1.82, 2.24) is 9.97 Å². The Bertz CT molecular complexity index is 381. The van der Waals surface area contributed by atoms with E-state index in [2.05, 4.69) is 15.0 Å². The first-order valence-corrected chi connectivity index (χ1v) is 4.12. The van der Waals surface area contributed by atoms with E-state index in [1.54, 1.807) is 6.20 Å². The standard InChI is InChI=1S/C10H9N3/c1-8-3-4-9(13-7-8)10-11-5-2-6-12-10/h2-7H,1H3/p+1. The summed E-state index contributed by atoms with van der Waals surface area (Å²) in [6.07, 6.45) is 5.41. The minimum Gasteiger partial charge on any atom is -0.248 e. The van der Waals surface area contributed by atoms with Crippen molar-refractivity contribution in [2.75, 3.05) is 0 Å². The monoisotopic (exact) mass is 172 g/mol. The van der Waals surface area contributed by atoms with E-state index in [-0.39, 0.29) is 0 Å². The molecule has 2 heterocycles. The summed E-state index contributed by atoms with van der Waals surface area (Å²) in [4.78, 5) is 11.4. The molecule has 0 saturated carbocycles. The molecule has 64 valence electrons. The summed E-state index contributed by atoms with van der Waals surface area (Å²) >= 11 is 0. The van der Waals surface area contributed by atoms with Crippen LogP contribution in [-0.4, -0.2) is 9.97 Å². The molecular formula is C10H10N3+. The fourth-order valence-electron chi connectivity index (χ4n) is 1.07. The van der Waals surface area contributed by atoms with Crippen molar-refractivity contribution >= 4 is 0 Å². The summed E-state index contributed by atoms with van der Waals surface area (Å²) in [5.41, 5.74) is 2.02. The fourth-order valence-corrected chi connectivity index (χ4v) is 1.07. The Labute approximate surface area is 76.5 Å². The summed E-state index contributed by atoms with van der Waals surface area (Å²) in [5.74, 6) is 0.794. The number of rotatable bonds is 1. The van der Waals surface area contributed by atoms with Gasteiger partial charge in [0.25, 0.3) is 0 Å². The van der Waals surface area contributed by atoms with Crippen LogP contribution in [0.2, 0.25) is 0 Å². The minimum absolute atomic E-state index is 0.794. The largest absolute Gasteiger partial charge is 0.346 e. The van der Waals surface area contributed by atoms with Crippen LogP contribution in [0.25, 0.3) is 11.5 Å². The number of hydrogen-bond acceptors (Lipinski definition) is 2. The van der Waals surface area contributed by atoms with Crippen LogP contribution < -0.4 is 4.98 Å². The Morgan fingerprint density at radius 2 is 2.15 bits per heavy atom. The molecule has 0 spiro atoms. The second-order valence-corrected chi connectivity index (χ2v) is 2.85. The number of aryl methyl sites for hydroxylation is 1. The topological polar surface area (TPSA) is 39.9 Å². The van der Waals surface area contributed by atoms with Gasteiger partial charge < -0.3 is 0 Å². The van der Waals surface area contributed by atoms with Gasteiger partial charge in [0, 0.05) is 12.3 Å². The van der Waals surface area contributed by atoms with E-state index in [1.807, 2.05) is 37.5 Å². The van der Waals surface area contributed by atoms with Crippen LogP contribution in [0.4, 0.5) is 0 Å². The third-order valence-corrected chi connectivity index (χ3v) is 1.76. The van der Waals surface area contributed by atoms with Crippen LogP contribution in [-0.2, 0) is 0 Å². The van der Waals surface area contributed by atoms with E-state index in [4.69, 9.17) is 0 Å². The number of aromatic nitrogens is 3. The van der Waals surface area contributed by atoms with E-state index in [9.17, 15) is 0 Å². The Morgan fingerprint density at radius 3 is 2.77 bits per heavy atom. The molecule has 1 N–H and O–H groups in total. The molecule has 0 aliphatic carbocycles. The van der Waals surface area contributed by atoms with Crippen LogP contribution in [0.3, 0.4) is 0 Å². The van der Waals surface area contributed by atoms with Crippen LogP contribution >= 0.6 is 0 Å². The number of H-pyrrole nitrogens is 1. The van der Waals surface area contributed by atoms with Crippen molar-refractivity contribution in [3.05, 3.63) is 42.4 Å². The average molecular weight is 172 g/mol. The second kappa shape index (κ2) is 3.31. The summed E-state index contributed by atoms with van der Waals surface area (Å²) < 4.78 is 0. The third kappa shape index (κ3) is 1.69. The van der Waals surface area contributed by atoms with Gasteiger partial charge in [0.2, 0.25) is 0 Å². The Hall–Kier alpha value is -1.77. The average Bonchev–Trinajstić information content (AvgIpc) is 2.20. The highest BCUT2D eigenvalue weighted by Gasteiger charge is 2.06. The second-order valence-electron chi connectivity index (χ2n) is 2.85. The van der Waals surface area contributed by atoms with E-state index >= 15 is 0 Å². The van der Waals surface area contributed by atoms with Gasteiger partial charge in [0.05, 0.1) is 6.20 Å². The third-order valence-electron chi connectivity index (χ3n) is 1.76. The molecule has 3 heteroatoms. The lowest BCUT2D eigenvalue weighted by Gasteiger charge is -1.92. The van der Waals surface area contributed by atoms with Gasteiger partial charge in [-0.1, -0.05) is 6.07 Å². The molecule has 3 nitrogen and oxygen atoms in total. The van der Waals surface area contributed by atoms with Crippen molar-refractivity contribution in [3.8, 4) is 11.5 Å². The first-order valence-electron chi connectivity index (χ1n) is 4.12. The summed E-state index contributed by atoms with van der Waals surface area (Å²) in [7, 11) is 0. The van der Waals surface area contributed by atoms with Gasteiger partial charge in [-0.2, -0.15) is 0 Å². The molecule has 0 amide bonds. The van der Waals surface area contributed by atoms with Gasteiger partial charge in [0.15, 0.2) is 5.69 Å². The smallest absolute Gasteiger partial charge is 0.248 e. The first kappa shape index (κ1) is 7.86. The van der Waals surface area contributed by atoms with Gasteiger partial charge in [-0.25, -0.2) is 9.97 Å². The minimum atomic E-state index is 0.794. The molecule has 0 bridgehead atoms. The molecule has 0 aliphatic heterocycles. The highest BCUT2D eigenvalue weighted by molar-refractivity contribution is 5.44. The molecular weight excluding hydrogens is 162 g/mol. The zero-order valence-corrected chi connectivity index (χ0v) is 7.36. The lowest BCUT2D eigenvalue weighted by Crippen LogP contribution is -2.08. The van der Waals surface area contributed by atoms with Gasteiger partial charge in [-0.15, -0.1) is 0 Å². The van der Waals surface area contributed by atoms with Crippen molar-refractivity contribution in [2.24, 2.45) is 0 Å². The van der Waals surface area contributed by atoms with Crippen LogP contribution in [0.5, 0.6) is 0 Å². The number of nitrogens with zero attached hydrogens (tertiary/aromatic N) is 2. The summed E-state index contributed by atoms with van der Waals surface area (Å²) in [6.45, 7) is 2.01. The highest BCUT2D eigenvalue weighted by Crippen LogP contribution is 2.07. The summed E-state index contributed by atoms with van der Waals surface area (Å²) in [5, 5.41) is 0. The molecule has 2 aromatic heterocycles. The van der Waals surface area contributed by atoms with E-state index in [0.29, 0.717) is 0 Å². The van der Waals surface area contributed by atoms with Crippen molar-refractivity contribution in [2.45, 2.75) is 6.92 Å². The van der Waals surface area contributed by atoms with Gasteiger partial charge in [0.1, 0.15) is 6.20 Å². The quantitative estimate of drug-likeness (QED) is 0.649. The maximum atomic E-state index is 4.25. The van der Waals surface area contributed by atoms with E-state index in [1.165, 1.54) is 0 Å². The number of nitrogens with one attached hydrogen (secondary N) is 1. The summed E-state index contributed by atoms with van der Waals surface area (Å²) in [6, 6.07) is 5.82. The molecule has 0 saturated heterocycles. The zero-order valence-electron chi connectivity index (χ0n) is 7.36. The fraction of sp³-hybridized carbons (Fsp3) is 0.100. The van der Waals surface area contributed by atoms with Crippen molar-refractivity contribution in [3.63, 3.8) is 0 Å². The van der Waals surface area contributed by atoms with Gasteiger partial charge in [-0.3, -0.25) is 0 Å². The van der Waals surface area contributed by atoms with Crippen LogP contribution in [0.15, 0.2) is 36.8 Å². The van der Waals surface area contributed by atoms with Gasteiger partial charge >= 0.3 is 5.82 Å². The molecule has 0 aliphatic rings. The highest BCUT2D eigenvalue weighted by atomic mass is 14.9. The predicted octanol–water partition coefficient (Wildman–Crippen LogP) is 1.27. The lowest BCUT2D eigenvalue weighted by molar-refractivity contribution is -0.369. The molecule has 2 rings (SSSR count). The van der Waals surface area contributed by atoms with Crippen LogP contribution in [0.1, 0.15) is 5.56 Å². The number of pyridine rings is 1. The molecule has 13 heavy (non-hydrogen) atoms. The van der Waals surface area contributed by atoms with E-state index in [0.717, 1.165) is 17.1 Å². The molecule has 0 atom stereocenters.